The molecule has 1 aliphatic rings. The van der Waals surface area contributed by atoms with E-state index < -0.39 is 22.2 Å². The average molecular weight is 294 g/mol. The van der Waals surface area contributed by atoms with E-state index in [1.165, 1.54) is 4.31 Å². The Morgan fingerprint density at radius 1 is 1.42 bits per heavy atom. The highest BCUT2D eigenvalue weighted by atomic mass is 32.2. The van der Waals surface area contributed by atoms with Crippen molar-refractivity contribution in [3.05, 3.63) is 0 Å². The molecule has 8 heteroatoms. The van der Waals surface area contributed by atoms with Gasteiger partial charge in [0, 0.05) is 19.1 Å². The van der Waals surface area contributed by atoms with Crippen molar-refractivity contribution in [1.82, 2.24) is 9.03 Å². The fourth-order valence-corrected chi connectivity index (χ4v) is 3.72. The molecule has 1 heterocycles. The van der Waals surface area contributed by atoms with E-state index >= 15 is 0 Å². The molecule has 0 aromatic rings. The van der Waals surface area contributed by atoms with E-state index in [-0.39, 0.29) is 31.7 Å². The van der Waals surface area contributed by atoms with E-state index in [1.54, 1.807) is 6.92 Å². The van der Waals surface area contributed by atoms with Gasteiger partial charge < -0.3 is 9.84 Å². The van der Waals surface area contributed by atoms with Gasteiger partial charge in [0.05, 0.1) is 18.6 Å². The second-order valence-corrected chi connectivity index (χ2v) is 6.60. The van der Waals surface area contributed by atoms with E-state index in [4.69, 9.17) is 9.84 Å². The summed E-state index contributed by atoms with van der Waals surface area (Å²) in [5.74, 6) is -1.02. The summed E-state index contributed by atoms with van der Waals surface area (Å²) < 4.78 is 33.6. The van der Waals surface area contributed by atoms with Crippen LogP contribution in [-0.4, -0.2) is 55.1 Å². The number of carbonyl (C=O) groups is 1. The minimum absolute atomic E-state index is 0.167. The van der Waals surface area contributed by atoms with Gasteiger partial charge in [0.15, 0.2) is 0 Å². The van der Waals surface area contributed by atoms with Crippen molar-refractivity contribution in [2.45, 2.75) is 51.9 Å². The van der Waals surface area contributed by atoms with Crippen LogP contribution in [0.25, 0.3) is 0 Å². The molecule has 0 aliphatic carbocycles. The Balaban J connectivity index is 2.71. The number of hydrogen-bond acceptors (Lipinski definition) is 4. The number of nitrogens with zero attached hydrogens (tertiary/aromatic N) is 1. The number of aliphatic carboxylic acids is 1. The van der Waals surface area contributed by atoms with Crippen LogP contribution in [0.1, 0.15) is 33.6 Å². The lowest BCUT2D eigenvalue weighted by Crippen LogP contribution is -2.53. The number of carboxylic acid groups (broad SMARTS) is 1. The third-order valence-electron chi connectivity index (χ3n) is 2.96. The highest BCUT2D eigenvalue weighted by molar-refractivity contribution is 7.87. The molecule has 7 nitrogen and oxygen atoms in total. The second kappa shape index (κ2) is 6.65. The van der Waals surface area contributed by atoms with Gasteiger partial charge in [-0.25, -0.2) is 0 Å². The fourth-order valence-electron chi connectivity index (χ4n) is 2.09. The smallest absolute Gasteiger partial charge is 0.304 e. The van der Waals surface area contributed by atoms with Crippen molar-refractivity contribution in [2.24, 2.45) is 0 Å². The summed E-state index contributed by atoms with van der Waals surface area (Å²) in [6.45, 7) is 5.94. The Morgan fingerprint density at radius 2 is 1.95 bits per heavy atom. The molecule has 0 bridgehead atoms. The Hall–Kier alpha value is -0.700. The molecule has 19 heavy (non-hydrogen) atoms. The van der Waals surface area contributed by atoms with Gasteiger partial charge in [-0.2, -0.15) is 17.4 Å². The summed E-state index contributed by atoms with van der Waals surface area (Å²) >= 11 is 0. The molecular weight excluding hydrogens is 272 g/mol. The SMILES string of the molecule is CCC(CC(=O)O)NS(=O)(=O)N1CC(C)OC(C)C1. The average Bonchev–Trinajstić information content (AvgIpc) is 2.25. The lowest BCUT2D eigenvalue weighted by Gasteiger charge is -2.35. The molecule has 1 rings (SSSR count). The molecule has 0 saturated carbocycles. The van der Waals surface area contributed by atoms with E-state index in [2.05, 4.69) is 4.72 Å². The van der Waals surface area contributed by atoms with Crippen molar-refractivity contribution in [3.63, 3.8) is 0 Å². The van der Waals surface area contributed by atoms with Crippen LogP contribution in [0.3, 0.4) is 0 Å². The standard InChI is InChI=1S/C11H22N2O5S/c1-4-10(5-11(14)15)12-19(16,17)13-6-8(2)18-9(3)7-13/h8-10,12H,4-7H2,1-3H3,(H,14,15). The van der Waals surface area contributed by atoms with Gasteiger partial charge in [-0.1, -0.05) is 6.92 Å². The number of carboxylic acids is 1. The molecule has 0 radical (unpaired) electrons. The van der Waals surface area contributed by atoms with Crippen LogP contribution in [0.5, 0.6) is 0 Å². The fraction of sp³-hybridized carbons (Fsp3) is 0.909. The summed E-state index contributed by atoms with van der Waals surface area (Å²) in [6, 6.07) is -0.587. The van der Waals surface area contributed by atoms with Crippen LogP contribution in [0.15, 0.2) is 0 Å². The highest BCUT2D eigenvalue weighted by Crippen LogP contribution is 2.14. The van der Waals surface area contributed by atoms with Gasteiger partial charge in [-0.15, -0.1) is 0 Å². The predicted molar refractivity (Wildman–Crippen MR) is 70.0 cm³/mol. The Morgan fingerprint density at radius 3 is 2.37 bits per heavy atom. The highest BCUT2D eigenvalue weighted by Gasteiger charge is 2.32. The van der Waals surface area contributed by atoms with Gasteiger partial charge in [0.25, 0.3) is 10.2 Å². The number of morpholine rings is 1. The largest absolute Gasteiger partial charge is 0.481 e. The number of rotatable bonds is 6. The lowest BCUT2D eigenvalue weighted by molar-refractivity contribution is -0.137. The maximum absolute atomic E-state index is 12.2. The molecule has 1 fully saturated rings. The summed E-state index contributed by atoms with van der Waals surface area (Å²) in [7, 11) is -3.67. The van der Waals surface area contributed by atoms with Crippen molar-refractivity contribution >= 4 is 16.2 Å². The van der Waals surface area contributed by atoms with Crippen LogP contribution in [-0.2, 0) is 19.7 Å². The molecular formula is C11H22N2O5S. The molecule has 3 unspecified atom stereocenters. The molecule has 0 spiro atoms. The first-order chi connectivity index (χ1) is 8.74. The van der Waals surface area contributed by atoms with Crippen molar-refractivity contribution in [1.29, 1.82) is 0 Å². The van der Waals surface area contributed by atoms with Crippen molar-refractivity contribution in [3.8, 4) is 0 Å². The van der Waals surface area contributed by atoms with Gasteiger partial charge in [-0.05, 0) is 20.3 Å². The van der Waals surface area contributed by atoms with Crippen molar-refractivity contribution < 1.29 is 23.1 Å². The van der Waals surface area contributed by atoms with Gasteiger partial charge in [0.1, 0.15) is 0 Å². The number of hydrogen-bond donors (Lipinski definition) is 2. The van der Waals surface area contributed by atoms with Crippen LogP contribution < -0.4 is 4.72 Å². The molecule has 0 amide bonds. The molecule has 3 atom stereocenters. The summed E-state index contributed by atoms with van der Waals surface area (Å²) in [5.41, 5.74) is 0. The first-order valence-electron chi connectivity index (χ1n) is 6.39. The quantitative estimate of drug-likeness (QED) is 0.728. The lowest BCUT2D eigenvalue weighted by atomic mass is 10.2. The predicted octanol–water partition coefficient (Wildman–Crippen LogP) is 0.183. The van der Waals surface area contributed by atoms with E-state index in [1.807, 2.05) is 13.8 Å². The van der Waals surface area contributed by atoms with Gasteiger partial charge in [-0.3, -0.25) is 4.79 Å². The second-order valence-electron chi connectivity index (χ2n) is 4.90. The first-order valence-corrected chi connectivity index (χ1v) is 7.83. The van der Waals surface area contributed by atoms with Crippen LogP contribution in [0.2, 0.25) is 0 Å². The van der Waals surface area contributed by atoms with E-state index in [9.17, 15) is 13.2 Å². The molecule has 1 aliphatic heterocycles. The Bertz CT molecular complexity index is 401. The minimum Gasteiger partial charge on any atom is -0.481 e. The Labute approximate surface area is 114 Å². The maximum Gasteiger partial charge on any atom is 0.304 e. The molecule has 0 aromatic carbocycles. The van der Waals surface area contributed by atoms with Crippen LogP contribution in [0, 0.1) is 0 Å². The summed E-state index contributed by atoms with van der Waals surface area (Å²) in [6.07, 6.45) is -0.119. The van der Waals surface area contributed by atoms with Crippen molar-refractivity contribution in [2.75, 3.05) is 13.1 Å². The van der Waals surface area contributed by atoms with Gasteiger partial charge >= 0.3 is 5.97 Å². The summed E-state index contributed by atoms with van der Waals surface area (Å²) in [4.78, 5) is 10.7. The third-order valence-corrected chi connectivity index (χ3v) is 4.56. The van der Waals surface area contributed by atoms with Crippen LogP contribution >= 0.6 is 0 Å². The molecule has 1 saturated heterocycles. The monoisotopic (exact) mass is 294 g/mol. The van der Waals surface area contributed by atoms with E-state index in [0.29, 0.717) is 6.42 Å². The number of nitrogens with one attached hydrogen (secondary N) is 1. The minimum atomic E-state index is -3.67. The zero-order valence-corrected chi connectivity index (χ0v) is 12.3. The zero-order valence-electron chi connectivity index (χ0n) is 11.5. The topological polar surface area (TPSA) is 95.9 Å². The maximum atomic E-state index is 12.2. The molecule has 112 valence electrons. The zero-order chi connectivity index (χ0) is 14.6. The number of ether oxygens (including phenoxy) is 1. The normalized spacial score (nSPS) is 27.1. The van der Waals surface area contributed by atoms with E-state index in [0.717, 1.165) is 0 Å². The first kappa shape index (κ1) is 16.4. The summed E-state index contributed by atoms with van der Waals surface area (Å²) in [5, 5.41) is 8.74. The third kappa shape index (κ3) is 5.06. The van der Waals surface area contributed by atoms with Crippen LogP contribution in [0.4, 0.5) is 0 Å². The molecule has 0 aromatic heterocycles. The van der Waals surface area contributed by atoms with Gasteiger partial charge in [0.2, 0.25) is 0 Å². The molecule has 2 N–H and O–H groups in total. The Kier molecular flexibility index (Phi) is 5.72.